The van der Waals surface area contributed by atoms with E-state index in [1.54, 1.807) is 37.6 Å². The standard InChI is InChI=1S/C14H13ClN2O2/c1-9(18)11-4-3-7-16-14(11)17-10-5-6-13(19-2)12(15)8-10/h3-8H,1-2H3,(H,16,17). The van der Waals surface area contributed by atoms with E-state index in [1.807, 2.05) is 6.07 Å². The lowest BCUT2D eigenvalue weighted by molar-refractivity contribution is 0.101. The summed E-state index contributed by atoms with van der Waals surface area (Å²) in [7, 11) is 1.56. The molecule has 1 N–H and O–H groups in total. The van der Waals surface area contributed by atoms with Gasteiger partial charge in [0.25, 0.3) is 0 Å². The minimum atomic E-state index is -0.0461. The number of ketones is 1. The molecule has 0 aliphatic heterocycles. The van der Waals surface area contributed by atoms with Gasteiger partial charge in [0, 0.05) is 11.9 Å². The molecular formula is C14H13ClN2O2. The number of ether oxygens (including phenoxy) is 1. The first-order chi connectivity index (χ1) is 9.11. The van der Waals surface area contributed by atoms with Gasteiger partial charge in [0.05, 0.1) is 17.7 Å². The van der Waals surface area contributed by atoms with E-state index in [4.69, 9.17) is 16.3 Å². The number of benzene rings is 1. The van der Waals surface area contributed by atoms with E-state index in [0.717, 1.165) is 5.69 Å². The van der Waals surface area contributed by atoms with Crippen LogP contribution in [0.4, 0.5) is 11.5 Å². The molecule has 2 rings (SSSR count). The zero-order chi connectivity index (χ0) is 13.8. The number of Topliss-reactive ketones (excluding diaryl/α,β-unsaturated/α-hetero) is 1. The van der Waals surface area contributed by atoms with Gasteiger partial charge in [-0.25, -0.2) is 4.98 Å². The third kappa shape index (κ3) is 3.03. The molecule has 5 heteroatoms. The Labute approximate surface area is 116 Å². The van der Waals surface area contributed by atoms with Crippen LogP contribution in [0.1, 0.15) is 17.3 Å². The van der Waals surface area contributed by atoms with Crippen LogP contribution in [0.15, 0.2) is 36.5 Å². The lowest BCUT2D eigenvalue weighted by Gasteiger charge is -2.10. The smallest absolute Gasteiger partial charge is 0.163 e. The van der Waals surface area contributed by atoms with E-state index < -0.39 is 0 Å². The van der Waals surface area contributed by atoms with Gasteiger partial charge in [0.2, 0.25) is 0 Å². The van der Waals surface area contributed by atoms with Crippen molar-refractivity contribution >= 4 is 28.9 Å². The normalized spacial score (nSPS) is 10.1. The maximum Gasteiger partial charge on any atom is 0.163 e. The lowest BCUT2D eigenvalue weighted by Crippen LogP contribution is -2.02. The minimum Gasteiger partial charge on any atom is -0.495 e. The highest BCUT2D eigenvalue weighted by Crippen LogP contribution is 2.29. The summed E-state index contributed by atoms with van der Waals surface area (Å²) >= 11 is 6.05. The van der Waals surface area contributed by atoms with Gasteiger partial charge < -0.3 is 10.1 Å². The highest BCUT2D eigenvalue weighted by Gasteiger charge is 2.09. The Hall–Kier alpha value is -2.07. The van der Waals surface area contributed by atoms with Gasteiger partial charge in [0.1, 0.15) is 11.6 Å². The van der Waals surface area contributed by atoms with Crippen LogP contribution in [-0.2, 0) is 0 Å². The van der Waals surface area contributed by atoms with Crippen molar-refractivity contribution in [3.05, 3.63) is 47.1 Å². The van der Waals surface area contributed by atoms with E-state index in [2.05, 4.69) is 10.3 Å². The number of aromatic nitrogens is 1. The molecule has 0 bridgehead atoms. The molecule has 1 aromatic carbocycles. The van der Waals surface area contributed by atoms with Crippen LogP contribution in [0.3, 0.4) is 0 Å². The van der Waals surface area contributed by atoms with Gasteiger partial charge in [-0.3, -0.25) is 4.79 Å². The second-order valence-electron chi connectivity index (χ2n) is 3.93. The number of carbonyl (C=O) groups excluding carboxylic acids is 1. The van der Waals surface area contributed by atoms with Crippen LogP contribution in [0.25, 0.3) is 0 Å². The van der Waals surface area contributed by atoms with Crippen molar-refractivity contribution in [3.63, 3.8) is 0 Å². The number of hydrogen-bond donors (Lipinski definition) is 1. The first-order valence-corrected chi connectivity index (χ1v) is 6.06. The van der Waals surface area contributed by atoms with Crippen LogP contribution in [0.2, 0.25) is 5.02 Å². The zero-order valence-corrected chi connectivity index (χ0v) is 11.4. The van der Waals surface area contributed by atoms with Gasteiger partial charge in [-0.05, 0) is 37.3 Å². The quantitative estimate of drug-likeness (QED) is 0.865. The van der Waals surface area contributed by atoms with Crippen molar-refractivity contribution in [2.45, 2.75) is 6.92 Å². The van der Waals surface area contributed by atoms with Crippen LogP contribution in [0.5, 0.6) is 5.75 Å². The number of carbonyl (C=O) groups is 1. The first-order valence-electron chi connectivity index (χ1n) is 5.68. The fourth-order valence-electron chi connectivity index (χ4n) is 1.67. The first kappa shape index (κ1) is 13.4. The third-order valence-electron chi connectivity index (χ3n) is 2.60. The van der Waals surface area contributed by atoms with Gasteiger partial charge in [-0.15, -0.1) is 0 Å². The van der Waals surface area contributed by atoms with Gasteiger partial charge in [-0.2, -0.15) is 0 Å². The zero-order valence-electron chi connectivity index (χ0n) is 10.6. The van der Waals surface area contributed by atoms with E-state index in [0.29, 0.717) is 22.2 Å². The average Bonchev–Trinajstić information content (AvgIpc) is 2.39. The fourth-order valence-corrected chi connectivity index (χ4v) is 1.93. The fraction of sp³-hybridized carbons (Fsp3) is 0.143. The molecule has 1 heterocycles. The summed E-state index contributed by atoms with van der Waals surface area (Å²) in [5, 5.41) is 3.57. The maximum absolute atomic E-state index is 11.5. The van der Waals surface area contributed by atoms with Gasteiger partial charge >= 0.3 is 0 Å². The Morgan fingerprint density at radius 1 is 1.37 bits per heavy atom. The summed E-state index contributed by atoms with van der Waals surface area (Å²) in [6, 6.07) is 8.73. The van der Waals surface area contributed by atoms with Crippen molar-refractivity contribution in [2.75, 3.05) is 12.4 Å². The van der Waals surface area contributed by atoms with Crippen molar-refractivity contribution in [3.8, 4) is 5.75 Å². The number of halogens is 1. The number of nitrogens with zero attached hydrogens (tertiary/aromatic N) is 1. The predicted molar refractivity (Wildman–Crippen MR) is 75.5 cm³/mol. The van der Waals surface area contributed by atoms with Crippen LogP contribution >= 0.6 is 11.6 Å². The molecule has 19 heavy (non-hydrogen) atoms. The molecule has 0 unspecified atom stereocenters. The summed E-state index contributed by atoms with van der Waals surface area (Å²) in [5.74, 6) is 1.06. The second kappa shape index (κ2) is 5.71. The molecule has 0 aliphatic rings. The third-order valence-corrected chi connectivity index (χ3v) is 2.90. The Morgan fingerprint density at radius 2 is 2.16 bits per heavy atom. The number of rotatable bonds is 4. The summed E-state index contributed by atoms with van der Waals surface area (Å²) in [4.78, 5) is 15.7. The molecule has 2 aromatic rings. The Kier molecular flexibility index (Phi) is 4.02. The molecule has 0 spiro atoms. The van der Waals surface area contributed by atoms with Crippen molar-refractivity contribution < 1.29 is 9.53 Å². The van der Waals surface area contributed by atoms with Gasteiger partial charge in [-0.1, -0.05) is 11.6 Å². The van der Waals surface area contributed by atoms with Crippen molar-refractivity contribution in [2.24, 2.45) is 0 Å². The number of pyridine rings is 1. The van der Waals surface area contributed by atoms with E-state index in [9.17, 15) is 4.79 Å². The predicted octanol–water partition coefficient (Wildman–Crippen LogP) is 3.69. The largest absolute Gasteiger partial charge is 0.495 e. The van der Waals surface area contributed by atoms with Crippen LogP contribution < -0.4 is 10.1 Å². The highest BCUT2D eigenvalue weighted by molar-refractivity contribution is 6.32. The molecule has 0 radical (unpaired) electrons. The van der Waals surface area contributed by atoms with E-state index in [1.165, 1.54) is 6.92 Å². The minimum absolute atomic E-state index is 0.0461. The van der Waals surface area contributed by atoms with Gasteiger partial charge in [0.15, 0.2) is 5.78 Å². The average molecular weight is 277 g/mol. The molecular weight excluding hydrogens is 264 g/mol. The Balaban J connectivity index is 2.31. The number of hydrogen-bond acceptors (Lipinski definition) is 4. The van der Waals surface area contributed by atoms with E-state index >= 15 is 0 Å². The maximum atomic E-state index is 11.5. The topological polar surface area (TPSA) is 51.2 Å². The summed E-state index contributed by atoms with van der Waals surface area (Å²) in [6.45, 7) is 1.50. The molecule has 0 saturated heterocycles. The SMILES string of the molecule is COc1ccc(Nc2ncccc2C(C)=O)cc1Cl. The number of anilines is 2. The summed E-state index contributed by atoms with van der Waals surface area (Å²) in [6.07, 6.45) is 1.62. The number of methoxy groups -OCH3 is 1. The molecule has 0 fully saturated rings. The monoisotopic (exact) mass is 276 g/mol. The van der Waals surface area contributed by atoms with Crippen molar-refractivity contribution in [1.29, 1.82) is 0 Å². The molecule has 1 aromatic heterocycles. The second-order valence-corrected chi connectivity index (χ2v) is 4.34. The summed E-state index contributed by atoms with van der Waals surface area (Å²) in [5.41, 5.74) is 1.28. The molecule has 4 nitrogen and oxygen atoms in total. The molecule has 98 valence electrons. The van der Waals surface area contributed by atoms with Crippen LogP contribution in [-0.4, -0.2) is 17.9 Å². The highest BCUT2D eigenvalue weighted by atomic mass is 35.5. The molecule has 0 saturated carbocycles. The van der Waals surface area contributed by atoms with E-state index in [-0.39, 0.29) is 5.78 Å². The number of nitrogens with one attached hydrogen (secondary N) is 1. The molecule has 0 aliphatic carbocycles. The lowest BCUT2D eigenvalue weighted by atomic mass is 10.2. The van der Waals surface area contributed by atoms with Crippen molar-refractivity contribution in [1.82, 2.24) is 4.98 Å². The Morgan fingerprint density at radius 3 is 2.79 bits per heavy atom. The molecule has 0 atom stereocenters. The molecule has 0 amide bonds. The summed E-state index contributed by atoms with van der Waals surface area (Å²) < 4.78 is 5.08. The Bertz CT molecular complexity index is 614. The van der Waals surface area contributed by atoms with Crippen LogP contribution in [0, 0.1) is 0 Å².